The van der Waals surface area contributed by atoms with Crippen molar-refractivity contribution in [2.75, 3.05) is 32.7 Å². The van der Waals surface area contributed by atoms with Gasteiger partial charge in [-0.2, -0.15) is 0 Å². The Morgan fingerprint density at radius 2 is 1.83 bits per heavy atom. The number of benzene rings is 1. The monoisotopic (exact) mass is 396 g/mol. The van der Waals surface area contributed by atoms with E-state index in [1.165, 1.54) is 42.4 Å². The molecule has 6 heteroatoms. The van der Waals surface area contributed by atoms with Crippen molar-refractivity contribution >= 4 is 5.91 Å². The van der Waals surface area contributed by atoms with E-state index in [4.69, 9.17) is 4.52 Å². The van der Waals surface area contributed by atoms with Gasteiger partial charge in [0.05, 0.1) is 18.3 Å². The average molecular weight is 397 g/mol. The molecule has 2 aliphatic rings. The number of hydrogen-bond acceptors (Lipinski definition) is 5. The molecule has 0 radical (unpaired) electrons. The highest BCUT2D eigenvalue weighted by Crippen LogP contribution is 2.24. The second-order valence-electron chi connectivity index (χ2n) is 8.51. The summed E-state index contributed by atoms with van der Waals surface area (Å²) < 4.78 is 5.14. The van der Waals surface area contributed by atoms with E-state index in [9.17, 15) is 4.79 Å². The lowest BCUT2D eigenvalue weighted by Gasteiger charge is -2.34. The van der Waals surface area contributed by atoms with Gasteiger partial charge in [0, 0.05) is 38.8 Å². The molecule has 0 spiro atoms. The molecule has 6 nitrogen and oxygen atoms in total. The number of fused-ring (bicyclic) bond motifs is 1. The van der Waals surface area contributed by atoms with E-state index in [1.807, 2.05) is 13.0 Å². The van der Waals surface area contributed by atoms with Crippen molar-refractivity contribution in [1.82, 2.24) is 20.3 Å². The molecule has 1 atom stereocenters. The molecule has 1 saturated heterocycles. The molecule has 2 aromatic rings. The molecule has 29 heavy (non-hydrogen) atoms. The maximum Gasteiger partial charge on any atom is 0.234 e. The largest absolute Gasteiger partial charge is 0.361 e. The van der Waals surface area contributed by atoms with Crippen LogP contribution in [0.25, 0.3) is 0 Å². The van der Waals surface area contributed by atoms with Crippen molar-refractivity contribution in [2.45, 2.75) is 52.1 Å². The molecule has 4 rings (SSSR count). The zero-order valence-corrected chi connectivity index (χ0v) is 17.6. The first-order valence-electron chi connectivity index (χ1n) is 10.8. The molecule has 0 bridgehead atoms. The van der Waals surface area contributed by atoms with Crippen LogP contribution < -0.4 is 5.32 Å². The van der Waals surface area contributed by atoms with Crippen LogP contribution in [0.15, 0.2) is 28.8 Å². The van der Waals surface area contributed by atoms with Gasteiger partial charge in [-0.15, -0.1) is 0 Å². The van der Waals surface area contributed by atoms with Crippen molar-refractivity contribution < 1.29 is 9.32 Å². The van der Waals surface area contributed by atoms with Crippen LogP contribution >= 0.6 is 0 Å². The molecule has 0 saturated carbocycles. The minimum absolute atomic E-state index is 0.0476. The molecule has 1 N–H and O–H groups in total. The van der Waals surface area contributed by atoms with E-state index in [1.54, 1.807) is 0 Å². The quantitative estimate of drug-likeness (QED) is 0.814. The summed E-state index contributed by atoms with van der Waals surface area (Å²) in [6.07, 6.45) is 4.93. The smallest absolute Gasteiger partial charge is 0.234 e. The Bertz CT molecular complexity index is 839. The van der Waals surface area contributed by atoms with Crippen LogP contribution in [0.3, 0.4) is 0 Å². The maximum atomic E-state index is 12.6. The van der Waals surface area contributed by atoms with Crippen LogP contribution in [0.4, 0.5) is 0 Å². The summed E-state index contributed by atoms with van der Waals surface area (Å²) >= 11 is 0. The van der Waals surface area contributed by atoms with E-state index < -0.39 is 0 Å². The number of carbonyl (C=O) groups is 1. The molecule has 1 amide bonds. The van der Waals surface area contributed by atoms with Crippen molar-refractivity contribution in [1.29, 1.82) is 0 Å². The lowest BCUT2D eigenvalue weighted by atomic mass is 9.89. The minimum atomic E-state index is 0.0476. The zero-order valence-electron chi connectivity index (χ0n) is 17.6. The summed E-state index contributed by atoms with van der Waals surface area (Å²) in [7, 11) is 0. The minimum Gasteiger partial charge on any atom is -0.361 e. The number of piperazine rings is 1. The fourth-order valence-corrected chi connectivity index (χ4v) is 4.42. The highest BCUT2D eigenvalue weighted by Gasteiger charge is 2.21. The summed E-state index contributed by atoms with van der Waals surface area (Å²) in [5, 5.41) is 7.26. The van der Waals surface area contributed by atoms with Gasteiger partial charge >= 0.3 is 0 Å². The third kappa shape index (κ3) is 5.25. The standard InChI is InChI=1S/C23H32N4O2/c1-17-13-22(25-29-17)15-26-9-11-27(12-10-26)16-23(28)24-18(2)20-8-7-19-5-3-4-6-21(19)14-20/h7-8,13-14,18H,3-6,9-12,15-16H2,1-2H3,(H,24,28)/t18-/m0/s1. The Kier molecular flexibility index (Phi) is 6.31. The van der Waals surface area contributed by atoms with Crippen molar-refractivity contribution in [3.05, 3.63) is 52.4 Å². The first-order chi connectivity index (χ1) is 14.1. The highest BCUT2D eigenvalue weighted by atomic mass is 16.5. The van der Waals surface area contributed by atoms with Gasteiger partial charge in [-0.05, 0) is 56.2 Å². The molecular weight excluding hydrogens is 364 g/mol. The van der Waals surface area contributed by atoms with Crippen LogP contribution in [0.5, 0.6) is 0 Å². The SMILES string of the molecule is Cc1cc(CN2CCN(CC(=O)N[C@@H](C)c3ccc4c(c3)CCCC4)CC2)no1. The van der Waals surface area contributed by atoms with Crippen LogP contribution in [0.2, 0.25) is 0 Å². The predicted octanol–water partition coefficient (Wildman–Crippen LogP) is 2.86. The van der Waals surface area contributed by atoms with Gasteiger partial charge in [0.2, 0.25) is 5.91 Å². The summed E-state index contributed by atoms with van der Waals surface area (Å²) in [5.74, 6) is 0.958. The number of rotatable bonds is 6. The Morgan fingerprint density at radius 3 is 2.55 bits per heavy atom. The Labute approximate surface area is 173 Å². The number of carbonyl (C=O) groups excluding carboxylic acids is 1. The Morgan fingerprint density at radius 1 is 1.10 bits per heavy atom. The number of hydrogen-bond donors (Lipinski definition) is 1. The fourth-order valence-electron chi connectivity index (χ4n) is 4.42. The number of amides is 1. The van der Waals surface area contributed by atoms with E-state index in [0.29, 0.717) is 6.54 Å². The normalized spacial score (nSPS) is 19.0. The number of nitrogens with zero attached hydrogens (tertiary/aromatic N) is 3. The van der Waals surface area contributed by atoms with Crippen molar-refractivity contribution in [3.63, 3.8) is 0 Å². The van der Waals surface area contributed by atoms with Gasteiger partial charge in [0.15, 0.2) is 0 Å². The molecular formula is C23H32N4O2. The summed E-state index contributed by atoms with van der Waals surface area (Å²) in [4.78, 5) is 17.2. The van der Waals surface area contributed by atoms with Crippen LogP contribution in [-0.4, -0.2) is 53.6 Å². The third-order valence-electron chi connectivity index (χ3n) is 6.14. The molecule has 1 aromatic carbocycles. The van der Waals surface area contributed by atoms with Gasteiger partial charge in [0.1, 0.15) is 5.76 Å². The molecule has 2 heterocycles. The lowest BCUT2D eigenvalue weighted by molar-refractivity contribution is -0.123. The van der Waals surface area contributed by atoms with Gasteiger partial charge < -0.3 is 9.84 Å². The third-order valence-corrected chi connectivity index (χ3v) is 6.14. The molecule has 1 fully saturated rings. The zero-order chi connectivity index (χ0) is 20.2. The van der Waals surface area contributed by atoms with Gasteiger partial charge in [-0.3, -0.25) is 14.6 Å². The lowest BCUT2D eigenvalue weighted by Crippen LogP contribution is -2.49. The van der Waals surface area contributed by atoms with E-state index in [-0.39, 0.29) is 11.9 Å². The fraction of sp³-hybridized carbons (Fsp3) is 0.565. The molecule has 1 aliphatic heterocycles. The highest BCUT2D eigenvalue weighted by molar-refractivity contribution is 5.78. The second kappa shape index (κ2) is 9.09. The average Bonchev–Trinajstić information content (AvgIpc) is 3.13. The van der Waals surface area contributed by atoms with Gasteiger partial charge in [-0.25, -0.2) is 0 Å². The second-order valence-corrected chi connectivity index (χ2v) is 8.51. The van der Waals surface area contributed by atoms with E-state index in [0.717, 1.165) is 44.2 Å². The van der Waals surface area contributed by atoms with Crippen molar-refractivity contribution in [3.8, 4) is 0 Å². The summed E-state index contributed by atoms with van der Waals surface area (Å²) in [5.41, 5.74) is 5.14. The molecule has 1 aliphatic carbocycles. The van der Waals surface area contributed by atoms with Crippen LogP contribution in [-0.2, 0) is 24.2 Å². The van der Waals surface area contributed by atoms with E-state index >= 15 is 0 Å². The first-order valence-corrected chi connectivity index (χ1v) is 10.8. The molecule has 156 valence electrons. The topological polar surface area (TPSA) is 61.6 Å². The number of nitrogens with one attached hydrogen (secondary N) is 1. The Hall–Kier alpha value is -2.18. The predicted molar refractivity (Wildman–Crippen MR) is 113 cm³/mol. The Balaban J connectivity index is 1.23. The van der Waals surface area contributed by atoms with Crippen LogP contribution in [0.1, 0.15) is 54.0 Å². The summed E-state index contributed by atoms with van der Waals surface area (Å²) in [6, 6.07) is 8.76. The van der Waals surface area contributed by atoms with Crippen LogP contribution in [0, 0.1) is 6.92 Å². The maximum absolute atomic E-state index is 12.6. The van der Waals surface area contributed by atoms with Crippen molar-refractivity contribution in [2.24, 2.45) is 0 Å². The van der Waals surface area contributed by atoms with Gasteiger partial charge in [0.25, 0.3) is 0 Å². The summed E-state index contributed by atoms with van der Waals surface area (Å²) in [6.45, 7) is 8.96. The molecule has 1 aromatic heterocycles. The molecule has 0 unspecified atom stereocenters. The first kappa shape index (κ1) is 20.1. The van der Waals surface area contributed by atoms with E-state index in [2.05, 4.69) is 45.4 Å². The number of aryl methyl sites for hydroxylation is 3. The number of aromatic nitrogens is 1. The van der Waals surface area contributed by atoms with Gasteiger partial charge in [-0.1, -0.05) is 23.4 Å².